The first kappa shape index (κ1) is 22.8. The molecule has 2 aliphatic rings. The van der Waals surface area contributed by atoms with E-state index in [-0.39, 0.29) is 11.7 Å². The zero-order valence-corrected chi connectivity index (χ0v) is 19.9. The van der Waals surface area contributed by atoms with Crippen LogP contribution in [0.25, 0.3) is 11.2 Å². The minimum Gasteiger partial charge on any atom is -0.329 e. The Labute approximate surface area is 212 Å². The lowest BCUT2D eigenvalue weighted by Crippen LogP contribution is -2.28. The Balaban J connectivity index is 1.25. The number of aromatic nitrogens is 3. The Kier molecular flexibility index (Phi) is 5.64. The van der Waals surface area contributed by atoms with Gasteiger partial charge in [-0.15, -0.1) is 0 Å². The third-order valence-electron chi connectivity index (χ3n) is 6.85. The summed E-state index contributed by atoms with van der Waals surface area (Å²) in [6.45, 7) is 4.18. The molecule has 1 fully saturated rings. The van der Waals surface area contributed by atoms with Gasteiger partial charge in [0, 0.05) is 30.2 Å². The molecule has 0 bridgehead atoms. The molecule has 2 N–H and O–H groups in total. The van der Waals surface area contributed by atoms with Crippen LogP contribution in [0.15, 0.2) is 96.3 Å². The van der Waals surface area contributed by atoms with E-state index >= 15 is 4.39 Å². The molecule has 0 atom stereocenters. The maximum Gasteiger partial charge on any atom is 0.258 e. The molecule has 6 nitrogen and oxygen atoms in total. The van der Waals surface area contributed by atoms with Gasteiger partial charge in [-0.1, -0.05) is 12.6 Å². The van der Waals surface area contributed by atoms with E-state index in [1.54, 1.807) is 36.8 Å². The standard InChI is InChI=1S/C29H23F2N5O/c1-17-26(24-4-2-3-20(24)15-36(17)23-9-6-21(30)7-10-23)29(37)35-22-8-5-18(25(31)14-22)13-19-11-12-32-28-27(19)33-16-34-28/h5-12,14-16H,1-4,13H2,(H,35,37)(H,32,33,34). The minimum atomic E-state index is -0.423. The minimum absolute atomic E-state index is 0.336. The second kappa shape index (κ2) is 9.13. The summed E-state index contributed by atoms with van der Waals surface area (Å²) < 4.78 is 28.6. The van der Waals surface area contributed by atoms with E-state index in [4.69, 9.17) is 0 Å². The molecule has 0 saturated heterocycles. The normalized spacial score (nSPS) is 15.2. The number of imidazole rings is 1. The predicted octanol–water partition coefficient (Wildman–Crippen LogP) is 6.16. The van der Waals surface area contributed by atoms with Crippen LogP contribution in [0.4, 0.5) is 20.2 Å². The number of allylic oxidation sites excluding steroid dienone is 2. The summed E-state index contributed by atoms with van der Waals surface area (Å²) in [4.78, 5) is 26.7. The van der Waals surface area contributed by atoms with Crippen molar-refractivity contribution in [3.05, 3.63) is 119 Å². The van der Waals surface area contributed by atoms with Crippen LogP contribution in [0.3, 0.4) is 0 Å². The van der Waals surface area contributed by atoms with Crippen molar-refractivity contribution in [1.29, 1.82) is 0 Å². The molecule has 1 amide bonds. The summed E-state index contributed by atoms with van der Waals surface area (Å²) in [6, 6.07) is 12.6. The largest absolute Gasteiger partial charge is 0.329 e. The summed E-state index contributed by atoms with van der Waals surface area (Å²) in [5.41, 5.74) is 6.76. The van der Waals surface area contributed by atoms with Gasteiger partial charge in [0.1, 0.15) is 17.2 Å². The molecule has 0 spiro atoms. The van der Waals surface area contributed by atoms with Gasteiger partial charge < -0.3 is 15.2 Å². The molecule has 0 radical (unpaired) electrons. The smallest absolute Gasteiger partial charge is 0.258 e. The third-order valence-corrected chi connectivity index (χ3v) is 6.85. The van der Waals surface area contributed by atoms with Crippen LogP contribution in [0.1, 0.15) is 30.4 Å². The lowest BCUT2D eigenvalue weighted by atomic mass is 9.95. The summed E-state index contributed by atoms with van der Waals surface area (Å²) in [7, 11) is 0. The average molecular weight is 496 g/mol. The first-order valence-corrected chi connectivity index (χ1v) is 12.0. The Morgan fingerprint density at radius 3 is 2.70 bits per heavy atom. The first-order chi connectivity index (χ1) is 18.0. The van der Waals surface area contributed by atoms with Gasteiger partial charge >= 0.3 is 0 Å². The van der Waals surface area contributed by atoms with Crippen molar-refractivity contribution < 1.29 is 13.6 Å². The Bertz CT molecular complexity index is 1620. The van der Waals surface area contributed by atoms with E-state index < -0.39 is 5.82 Å². The number of amides is 1. The van der Waals surface area contributed by atoms with E-state index in [0.717, 1.165) is 36.0 Å². The van der Waals surface area contributed by atoms with Gasteiger partial charge in [0.05, 0.1) is 17.6 Å². The Hall–Kier alpha value is -4.59. The lowest BCUT2D eigenvalue weighted by molar-refractivity contribution is -0.112. The van der Waals surface area contributed by atoms with Crippen molar-refractivity contribution in [3.8, 4) is 0 Å². The molecule has 8 heteroatoms. The number of hydrogen-bond donors (Lipinski definition) is 2. The molecular formula is C29H23F2N5O. The fraction of sp³-hybridized carbons (Fsp3) is 0.138. The van der Waals surface area contributed by atoms with Gasteiger partial charge in [0.25, 0.3) is 5.91 Å². The summed E-state index contributed by atoms with van der Waals surface area (Å²) in [5, 5.41) is 2.85. The second-order valence-electron chi connectivity index (χ2n) is 9.16. The van der Waals surface area contributed by atoms with Crippen molar-refractivity contribution >= 4 is 28.4 Å². The average Bonchev–Trinajstić information content (AvgIpc) is 3.56. The zero-order valence-electron chi connectivity index (χ0n) is 19.9. The van der Waals surface area contributed by atoms with Crippen LogP contribution in [-0.2, 0) is 11.2 Å². The van der Waals surface area contributed by atoms with Crippen LogP contribution in [0.5, 0.6) is 0 Å². The van der Waals surface area contributed by atoms with Crippen LogP contribution < -0.4 is 10.2 Å². The number of carbonyl (C=O) groups is 1. The number of fused-ring (bicyclic) bond motifs is 2. The number of pyridine rings is 1. The highest BCUT2D eigenvalue weighted by Gasteiger charge is 2.31. The monoisotopic (exact) mass is 495 g/mol. The SMILES string of the molecule is C=C1C(C(=O)Nc2ccc(Cc3ccnc4[nH]cnc34)c(F)c2)=C2CCCC2=CN1c1ccc(F)cc1. The molecule has 1 saturated carbocycles. The Morgan fingerprint density at radius 2 is 1.89 bits per heavy atom. The number of anilines is 2. The lowest BCUT2D eigenvalue weighted by Gasteiger charge is -2.30. The molecule has 1 aliphatic heterocycles. The highest BCUT2D eigenvalue weighted by atomic mass is 19.1. The number of nitrogens with one attached hydrogen (secondary N) is 2. The molecule has 37 heavy (non-hydrogen) atoms. The van der Waals surface area contributed by atoms with E-state index in [2.05, 4.69) is 26.8 Å². The van der Waals surface area contributed by atoms with E-state index in [9.17, 15) is 9.18 Å². The van der Waals surface area contributed by atoms with Gasteiger partial charge in [-0.3, -0.25) is 4.79 Å². The number of benzene rings is 2. The van der Waals surface area contributed by atoms with Gasteiger partial charge in [0.2, 0.25) is 0 Å². The zero-order chi connectivity index (χ0) is 25.5. The van der Waals surface area contributed by atoms with Crippen LogP contribution in [-0.4, -0.2) is 20.9 Å². The van der Waals surface area contributed by atoms with E-state index in [0.29, 0.717) is 45.8 Å². The molecule has 3 heterocycles. The maximum absolute atomic E-state index is 15.1. The van der Waals surface area contributed by atoms with Crippen LogP contribution >= 0.6 is 0 Å². The summed E-state index contributed by atoms with van der Waals surface area (Å²) >= 11 is 0. The molecule has 2 aromatic carbocycles. The fourth-order valence-electron chi connectivity index (χ4n) is 5.04. The van der Waals surface area contributed by atoms with E-state index in [1.807, 2.05) is 17.2 Å². The topological polar surface area (TPSA) is 73.9 Å². The predicted molar refractivity (Wildman–Crippen MR) is 139 cm³/mol. The van der Waals surface area contributed by atoms with Crippen LogP contribution in [0, 0.1) is 11.6 Å². The molecule has 4 aromatic rings. The third kappa shape index (κ3) is 4.20. The highest BCUT2D eigenvalue weighted by Crippen LogP contribution is 2.41. The summed E-state index contributed by atoms with van der Waals surface area (Å²) in [5.74, 6) is -1.11. The molecule has 6 rings (SSSR count). The van der Waals surface area contributed by atoms with Crippen LogP contribution in [0.2, 0.25) is 0 Å². The maximum atomic E-state index is 15.1. The van der Waals surface area contributed by atoms with Crippen molar-refractivity contribution in [2.45, 2.75) is 25.7 Å². The quantitative estimate of drug-likeness (QED) is 0.348. The van der Waals surface area contributed by atoms with Gasteiger partial charge in [-0.25, -0.2) is 18.7 Å². The number of hydrogen-bond acceptors (Lipinski definition) is 4. The van der Waals surface area contributed by atoms with Crippen molar-refractivity contribution in [2.75, 3.05) is 10.2 Å². The van der Waals surface area contributed by atoms with Gasteiger partial charge in [-0.05, 0) is 84.0 Å². The summed E-state index contributed by atoms with van der Waals surface area (Å²) in [6.07, 6.45) is 8.09. The number of nitrogens with zero attached hydrogens (tertiary/aromatic N) is 3. The number of aromatic amines is 1. The van der Waals surface area contributed by atoms with Gasteiger partial charge in [0.15, 0.2) is 5.65 Å². The van der Waals surface area contributed by atoms with Crippen molar-refractivity contribution in [1.82, 2.24) is 15.0 Å². The molecule has 0 unspecified atom stereocenters. The van der Waals surface area contributed by atoms with E-state index in [1.165, 1.54) is 18.2 Å². The van der Waals surface area contributed by atoms with Crippen molar-refractivity contribution in [2.24, 2.45) is 0 Å². The molecular weight excluding hydrogens is 472 g/mol. The first-order valence-electron chi connectivity index (χ1n) is 12.0. The number of H-pyrrole nitrogens is 1. The van der Waals surface area contributed by atoms with Gasteiger partial charge in [-0.2, -0.15) is 0 Å². The number of rotatable bonds is 5. The molecule has 1 aliphatic carbocycles. The second-order valence-corrected chi connectivity index (χ2v) is 9.16. The number of carbonyl (C=O) groups excluding carboxylic acids is 1. The molecule has 184 valence electrons. The highest BCUT2D eigenvalue weighted by molar-refractivity contribution is 6.09. The Morgan fingerprint density at radius 1 is 1.05 bits per heavy atom. The molecule has 2 aromatic heterocycles. The fourth-order valence-corrected chi connectivity index (χ4v) is 5.04. The van der Waals surface area contributed by atoms with Crippen molar-refractivity contribution in [3.63, 3.8) is 0 Å². The number of halogens is 2.